The van der Waals surface area contributed by atoms with Crippen molar-refractivity contribution in [1.29, 1.82) is 0 Å². The quantitative estimate of drug-likeness (QED) is 0.458. The van der Waals surface area contributed by atoms with E-state index in [4.69, 9.17) is 0 Å². The van der Waals surface area contributed by atoms with Gasteiger partial charge in [-0.1, -0.05) is 45.6 Å². The summed E-state index contributed by atoms with van der Waals surface area (Å²) in [4.78, 5) is 11.8. The predicted octanol–water partition coefficient (Wildman–Crippen LogP) is 4.83. The Kier molecular flexibility index (Phi) is 11.8. The van der Waals surface area contributed by atoms with Crippen molar-refractivity contribution in [1.82, 2.24) is 5.32 Å². The third-order valence-electron chi connectivity index (χ3n) is 3.33. The van der Waals surface area contributed by atoms with E-state index in [1.807, 2.05) is 6.92 Å². The van der Waals surface area contributed by atoms with Crippen molar-refractivity contribution in [3.05, 3.63) is 12.2 Å². The van der Waals surface area contributed by atoms with E-state index < -0.39 is 0 Å². The van der Waals surface area contributed by atoms with Crippen LogP contribution >= 0.6 is 17.0 Å². The standard InChI is InChI=1S/C16H31NO.BrH/c1-7-8-9-10-11-12-16(5,6)17-14(4)15(18)13(2)3;/h14,17H,2,7-12H2,1,3-6H3;1H. The molecule has 1 unspecified atom stereocenters. The minimum atomic E-state index is -0.131. The number of nitrogens with one attached hydrogen (secondary N) is 1. The molecule has 0 saturated carbocycles. The Morgan fingerprint density at radius 3 is 2.21 bits per heavy atom. The summed E-state index contributed by atoms with van der Waals surface area (Å²) in [5, 5.41) is 3.42. The number of unbranched alkanes of at least 4 members (excludes halogenated alkanes) is 4. The summed E-state index contributed by atoms with van der Waals surface area (Å²) in [6.07, 6.45) is 7.58. The fraction of sp³-hybridized carbons (Fsp3) is 0.812. The van der Waals surface area contributed by atoms with Crippen LogP contribution in [-0.2, 0) is 4.79 Å². The normalized spacial score (nSPS) is 12.7. The van der Waals surface area contributed by atoms with Crippen molar-refractivity contribution >= 4 is 22.8 Å². The van der Waals surface area contributed by atoms with Crippen LogP contribution in [0.2, 0.25) is 0 Å². The molecule has 0 aliphatic heterocycles. The predicted molar refractivity (Wildman–Crippen MR) is 90.2 cm³/mol. The smallest absolute Gasteiger partial charge is 0.174 e. The second kappa shape index (κ2) is 10.6. The van der Waals surface area contributed by atoms with E-state index >= 15 is 0 Å². The van der Waals surface area contributed by atoms with E-state index in [1.165, 1.54) is 32.1 Å². The molecule has 0 aromatic carbocycles. The minimum Gasteiger partial charge on any atom is -0.302 e. The number of halogens is 1. The van der Waals surface area contributed by atoms with Crippen molar-refractivity contribution in [3.63, 3.8) is 0 Å². The second-order valence-electron chi connectivity index (χ2n) is 6.06. The Labute approximate surface area is 130 Å². The number of carbonyl (C=O) groups excluding carboxylic acids is 1. The van der Waals surface area contributed by atoms with Crippen LogP contribution < -0.4 is 5.32 Å². The molecule has 19 heavy (non-hydrogen) atoms. The van der Waals surface area contributed by atoms with Gasteiger partial charge < -0.3 is 5.32 Å². The molecule has 0 radical (unpaired) electrons. The number of carbonyl (C=O) groups is 1. The third-order valence-corrected chi connectivity index (χ3v) is 3.33. The van der Waals surface area contributed by atoms with Gasteiger partial charge in [0.1, 0.15) is 0 Å². The zero-order valence-electron chi connectivity index (χ0n) is 13.3. The van der Waals surface area contributed by atoms with Gasteiger partial charge >= 0.3 is 0 Å². The van der Waals surface area contributed by atoms with Crippen LogP contribution in [-0.4, -0.2) is 17.4 Å². The molecule has 0 aliphatic carbocycles. The van der Waals surface area contributed by atoms with Gasteiger partial charge in [0.2, 0.25) is 0 Å². The molecule has 0 saturated heterocycles. The Bertz CT molecular complexity index is 274. The molecule has 0 heterocycles. The first-order valence-corrected chi connectivity index (χ1v) is 7.27. The van der Waals surface area contributed by atoms with Crippen LogP contribution in [0.25, 0.3) is 0 Å². The first-order chi connectivity index (χ1) is 8.30. The molecule has 1 N–H and O–H groups in total. The lowest BCUT2D eigenvalue weighted by Crippen LogP contribution is -2.48. The van der Waals surface area contributed by atoms with Gasteiger partial charge in [-0.15, -0.1) is 17.0 Å². The summed E-state index contributed by atoms with van der Waals surface area (Å²) >= 11 is 0. The average molecular weight is 334 g/mol. The molecular weight excluding hydrogens is 302 g/mol. The van der Waals surface area contributed by atoms with Gasteiger partial charge in [0.25, 0.3) is 0 Å². The maximum absolute atomic E-state index is 11.8. The molecule has 0 aromatic heterocycles. The molecule has 0 rings (SSSR count). The summed E-state index contributed by atoms with van der Waals surface area (Å²) in [5.41, 5.74) is 0.658. The Hall–Kier alpha value is -0.150. The summed E-state index contributed by atoms with van der Waals surface area (Å²) in [5.74, 6) is 0.119. The van der Waals surface area contributed by atoms with Gasteiger partial charge in [-0.25, -0.2) is 0 Å². The molecule has 0 amide bonds. The number of hydrogen-bond acceptors (Lipinski definition) is 2. The summed E-state index contributed by atoms with van der Waals surface area (Å²) in [6, 6.07) is -0.131. The second-order valence-corrected chi connectivity index (χ2v) is 6.06. The summed E-state index contributed by atoms with van der Waals surface area (Å²) in [7, 11) is 0. The van der Waals surface area contributed by atoms with E-state index in [1.54, 1.807) is 6.92 Å². The lowest BCUT2D eigenvalue weighted by atomic mass is 9.94. The highest BCUT2D eigenvalue weighted by atomic mass is 79.9. The van der Waals surface area contributed by atoms with Gasteiger partial charge in [0.05, 0.1) is 6.04 Å². The molecule has 0 bridgehead atoms. The maximum Gasteiger partial charge on any atom is 0.174 e. The molecule has 1 atom stereocenters. The van der Waals surface area contributed by atoms with E-state index in [0.717, 1.165) is 6.42 Å². The van der Waals surface area contributed by atoms with E-state index in [2.05, 4.69) is 32.7 Å². The lowest BCUT2D eigenvalue weighted by Gasteiger charge is -2.30. The van der Waals surface area contributed by atoms with E-state index in [-0.39, 0.29) is 34.3 Å². The molecule has 0 spiro atoms. The largest absolute Gasteiger partial charge is 0.302 e. The van der Waals surface area contributed by atoms with Crippen LogP contribution in [0.3, 0.4) is 0 Å². The molecule has 2 nitrogen and oxygen atoms in total. The molecule has 0 aromatic rings. The Balaban J connectivity index is 0. The first-order valence-electron chi connectivity index (χ1n) is 7.27. The highest BCUT2D eigenvalue weighted by Crippen LogP contribution is 2.16. The van der Waals surface area contributed by atoms with E-state index in [9.17, 15) is 4.79 Å². The van der Waals surface area contributed by atoms with Crippen molar-refractivity contribution in [2.75, 3.05) is 0 Å². The van der Waals surface area contributed by atoms with Crippen LogP contribution in [0.5, 0.6) is 0 Å². The molecule has 0 fully saturated rings. The van der Waals surface area contributed by atoms with Crippen LogP contribution in [0.1, 0.15) is 73.1 Å². The monoisotopic (exact) mass is 333 g/mol. The highest BCUT2D eigenvalue weighted by molar-refractivity contribution is 8.93. The minimum absolute atomic E-state index is 0. The SMILES string of the molecule is Br.C=C(C)C(=O)C(C)NC(C)(C)CCCCCCC. The Morgan fingerprint density at radius 2 is 1.74 bits per heavy atom. The van der Waals surface area contributed by atoms with Crippen molar-refractivity contribution in [3.8, 4) is 0 Å². The zero-order valence-corrected chi connectivity index (χ0v) is 15.1. The lowest BCUT2D eigenvalue weighted by molar-refractivity contribution is -0.117. The summed E-state index contributed by atoms with van der Waals surface area (Å²) in [6.45, 7) is 14.0. The van der Waals surface area contributed by atoms with Crippen molar-refractivity contribution in [2.24, 2.45) is 0 Å². The van der Waals surface area contributed by atoms with Gasteiger partial charge in [-0.3, -0.25) is 4.79 Å². The van der Waals surface area contributed by atoms with Crippen LogP contribution in [0.15, 0.2) is 12.2 Å². The number of rotatable bonds is 10. The van der Waals surface area contributed by atoms with Crippen LogP contribution in [0.4, 0.5) is 0 Å². The van der Waals surface area contributed by atoms with Crippen molar-refractivity contribution in [2.45, 2.75) is 84.7 Å². The molecular formula is C16H32BrNO. The number of hydrogen-bond donors (Lipinski definition) is 1. The molecule has 114 valence electrons. The van der Waals surface area contributed by atoms with Gasteiger partial charge in [0.15, 0.2) is 5.78 Å². The average Bonchev–Trinajstić information content (AvgIpc) is 2.26. The highest BCUT2D eigenvalue weighted by Gasteiger charge is 2.23. The van der Waals surface area contributed by atoms with Gasteiger partial charge in [-0.05, 0) is 39.7 Å². The van der Waals surface area contributed by atoms with Crippen LogP contribution in [0, 0.1) is 0 Å². The zero-order chi connectivity index (χ0) is 14.2. The first kappa shape index (κ1) is 21.2. The number of Topliss-reactive ketones (excluding diaryl/α,β-unsaturated/α-hetero) is 1. The van der Waals surface area contributed by atoms with Gasteiger partial charge in [0, 0.05) is 5.54 Å². The summed E-state index contributed by atoms with van der Waals surface area (Å²) < 4.78 is 0. The third kappa shape index (κ3) is 10.3. The van der Waals surface area contributed by atoms with E-state index in [0.29, 0.717) is 5.57 Å². The Morgan fingerprint density at radius 1 is 1.21 bits per heavy atom. The van der Waals surface area contributed by atoms with Crippen molar-refractivity contribution < 1.29 is 4.79 Å². The fourth-order valence-corrected chi connectivity index (χ4v) is 2.26. The topological polar surface area (TPSA) is 29.1 Å². The molecule has 3 heteroatoms. The molecule has 0 aliphatic rings. The van der Waals surface area contributed by atoms with Gasteiger partial charge in [-0.2, -0.15) is 0 Å². The fourth-order valence-electron chi connectivity index (χ4n) is 2.26. The maximum atomic E-state index is 11.8. The number of ketones is 1.